The molecule has 0 unspecified atom stereocenters. The normalized spacial score (nSPS) is 16.5. The number of unbranched alkanes of at least 4 members (excludes halogenated alkanes) is 1. The minimum absolute atomic E-state index is 0.0744. The number of cyclic esters (lactones) is 1. The molecule has 9 heteroatoms. The van der Waals surface area contributed by atoms with Gasteiger partial charge in [0, 0.05) is 20.0 Å². The first-order valence-electron chi connectivity index (χ1n) is 13.0. The molecule has 2 heterocycles. The van der Waals surface area contributed by atoms with Crippen LogP contribution >= 0.6 is 15.9 Å². The Morgan fingerprint density at radius 1 is 1.08 bits per heavy atom. The number of halogens is 1. The van der Waals surface area contributed by atoms with Crippen molar-refractivity contribution in [1.82, 2.24) is 4.90 Å². The highest BCUT2D eigenvalue weighted by molar-refractivity contribution is 9.10. The maximum atomic E-state index is 14.2. The molecule has 3 atom stereocenters. The number of hydrogen-bond acceptors (Lipinski definition) is 7. The molecule has 0 aliphatic carbocycles. The van der Waals surface area contributed by atoms with Crippen LogP contribution < -0.4 is 0 Å². The molecule has 0 spiro atoms. The van der Waals surface area contributed by atoms with Crippen LogP contribution in [-0.2, 0) is 38.3 Å². The van der Waals surface area contributed by atoms with Crippen LogP contribution in [0.2, 0.25) is 0 Å². The van der Waals surface area contributed by atoms with E-state index in [0.29, 0.717) is 41.7 Å². The van der Waals surface area contributed by atoms with Crippen molar-refractivity contribution in [2.24, 2.45) is 5.92 Å². The van der Waals surface area contributed by atoms with E-state index >= 15 is 0 Å². The van der Waals surface area contributed by atoms with Crippen LogP contribution in [0.25, 0.3) is 0 Å². The number of hydrogen-bond donors (Lipinski definition) is 1. The highest BCUT2D eigenvalue weighted by Crippen LogP contribution is 2.37. The fraction of sp³-hybridized carbons (Fsp3) is 0.367. The van der Waals surface area contributed by atoms with Crippen LogP contribution in [0.3, 0.4) is 0 Å². The number of benzene rings is 2. The van der Waals surface area contributed by atoms with E-state index in [9.17, 15) is 14.4 Å². The molecule has 8 nitrogen and oxygen atoms in total. The van der Waals surface area contributed by atoms with Gasteiger partial charge in [-0.15, -0.1) is 0 Å². The minimum atomic E-state index is -1.08. The lowest BCUT2D eigenvalue weighted by Gasteiger charge is -2.29. The standard InChI is InChI=1S/C30H32BrNO7/c1-20(34)38-28(27-18-25(31)26(39-27)14-8-9-15-33)24(17-22-12-6-3-7-13-22)29(35)32-23(19-37-30(32)36)16-21-10-4-2-5-11-21/h2-7,10-13,18,23-24,28,33H,8-9,14-17,19H2,1H3/t23-,24+,28-/m0/s1. The van der Waals surface area contributed by atoms with Crippen LogP contribution in [0.15, 0.2) is 75.6 Å². The smallest absolute Gasteiger partial charge is 0.416 e. The molecule has 1 saturated heterocycles. The molecule has 39 heavy (non-hydrogen) atoms. The molecule has 1 fully saturated rings. The van der Waals surface area contributed by atoms with Crippen molar-refractivity contribution in [3.63, 3.8) is 0 Å². The molecule has 2 amide bonds. The molecule has 0 radical (unpaired) electrons. The third kappa shape index (κ3) is 7.36. The number of carbonyl (C=O) groups is 3. The van der Waals surface area contributed by atoms with Crippen LogP contribution in [0.1, 0.15) is 48.5 Å². The van der Waals surface area contributed by atoms with Gasteiger partial charge >= 0.3 is 12.1 Å². The van der Waals surface area contributed by atoms with E-state index in [-0.39, 0.29) is 19.6 Å². The van der Waals surface area contributed by atoms with Gasteiger partial charge in [-0.2, -0.15) is 0 Å². The Labute approximate surface area is 236 Å². The van der Waals surface area contributed by atoms with E-state index in [1.54, 1.807) is 6.07 Å². The summed E-state index contributed by atoms with van der Waals surface area (Å²) in [5, 5.41) is 9.14. The molecule has 3 aromatic rings. The molecular weight excluding hydrogens is 566 g/mol. The monoisotopic (exact) mass is 597 g/mol. The number of carbonyl (C=O) groups excluding carboxylic acids is 3. The van der Waals surface area contributed by atoms with Gasteiger partial charge in [0.1, 0.15) is 18.1 Å². The molecule has 0 saturated carbocycles. The van der Waals surface area contributed by atoms with Crippen LogP contribution in [-0.4, -0.2) is 47.2 Å². The summed E-state index contributed by atoms with van der Waals surface area (Å²) in [5.74, 6) is -1.10. The quantitative estimate of drug-likeness (QED) is 0.220. The summed E-state index contributed by atoms with van der Waals surface area (Å²) in [5.41, 5.74) is 1.81. The first-order chi connectivity index (χ1) is 18.9. The third-order valence-electron chi connectivity index (χ3n) is 6.66. The number of aryl methyl sites for hydroxylation is 1. The second kappa shape index (κ2) is 13.6. The summed E-state index contributed by atoms with van der Waals surface area (Å²) in [6, 6.07) is 20.2. The zero-order chi connectivity index (χ0) is 27.8. The Balaban J connectivity index is 1.70. The van der Waals surface area contributed by atoms with Crippen molar-refractivity contribution in [2.45, 2.75) is 51.2 Å². The second-order valence-corrected chi connectivity index (χ2v) is 10.4. The Kier molecular flexibility index (Phi) is 9.95. The number of aliphatic hydroxyl groups is 1. The molecule has 1 aliphatic heterocycles. The van der Waals surface area contributed by atoms with Crippen molar-refractivity contribution < 1.29 is 33.4 Å². The third-order valence-corrected chi connectivity index (χ3v) is 7.33. The number of amides is 2. The minimum Gasteiger partial charge on any atom is -0.461 e. The van der Waals surface area contributed by atoms with Crippen LogP contribution in [0, 0.1) is 5.92 Å². The summed E-state index contributed by atoms with van der Waals surface area (Å²) >= 11 is 3.51. The predicted molar refractivity (Wildman–Crippen MR) is 147 cm³/mol. The van der Waals surface area contributed by atoms with E-state index in [1.165, 1.54) is 6.92 Å². The van der Waals surface area contributed by atoms with Crippen molar-refractivity contribution >= 4 is 33.9 Å². The Hall–Kier alpha value is -3.43. The van der Waals surface area contributed by atoms with Gasteiger partial charge < -0.3 is 19.0 Å². The van der Waals surface area contributed by atoms with E-state index < -0.39 is 36.0 Å². The molecular formula is C30H32BrNO7. The SMILES string of the molecule is CC(=O)O[C@H](c1cc(Br)c(CCCCO)o1)[C@@H](Cc1ccccc1)C(=O)N1C(=O)OC[C@@H]1Cc1ccccc1. The van der Waals surface area contributed by atoms with Crippen LogP contribution in [0.5, 0.6) is 0 Å². The number of rotatable bonds is 12. The first-order valence-corrected chi connectivity index (χ1v) is 13.8. The van der Waals surface area contributed by atoms with Gasteiger partial charge in [-0.05, 0) is 58.8 Å². The Bertz CT molecular complexity index is 1260. The average Bonchev–Trinajstić information content (AvgIpc) is 3.48. The molecule has 2 aromatic carbocycles. The molecule has 0 bridgehead atoms. The predicted octanol–water partition coefficient (Wildman–Crippen LogP) is 5.41. The van der Waals surface area contributed by atoms with E-state index in [1.807, 2.05) is 60.7 Å². The van der Waals surface area contributed by atoms with Crippen molar-refractivity contribution in [2.75, 3.05) is 13.2 Å². The van der Waals surface area contributed by atoms with Gasteiger partial charge in [0.15, 0.2) is 6.10 Å². The summed E-state index contributed by atoms with van der Waals surface area (Å²) in [6.45, 7) is 1.43. The topological polar surface area (TPSA) is 106 Å². The summed E-state index contributed by atoms with van der Waals surface area (Å²) < 4.78 is 17.9. The average molecular weight is 598 g/mol. The number of ether oxygens (including phenoxy) is 2. The molecule has 206 valence electrons. The molecule has 1 aromatic heterocycles. The van der Waals surface area contributed by atoms with Gasteiger partial charge in [-0.1, -0.05) is 60.7 Å². The van der Waals surface area contributed by atoms with E-state index in [0.717, 1.165) is 16.0 Å². The lowest BCUT2D eigenvalue weighted by molar-refractivity contribution is -0.155. The largest absolute Gasteiger partial charge is 0.461 e. The first kappa shape index (κ1) is 28.6. The number of aliphatic hydroxyl groups excluding tert-OH is 1. The molecule has 1 aliphatic rings. The zero-order valence-corrected chi connectivity index (χ0v) is 23.3. The van der Waals surface area contributed by atoms with Crippen molar-refractivity contribution in [1.29, 1.82) is 0 Å². The molecule has 1 N–H and O–H groups in total. The zero-order valence-electron chi connectivity index (χ0n) is 21.8. The van der Waals surface area contributed by atoms with Crippen molar-refractivity contribution in [3.05, 3.63) is 93.9 Å². The van der Waals surface area contributed by atoms with E-state index in [2.05, 4.69) is 15.9 Å². The second-order valence-electron chi connectivity index (χ2n) is 9.56. The summed E-state index contributed by atoms with van der Waals surface area (Å²) in [4.78, 5) is 40.5. The number of furan rings is 1. The summed E-state index contributed by atoms with van der Waals surface area (Å²) in [7, 11) is 0. The van der Waals surface area contributed by atoms with Gasteiger partial charge in [0.25, 0.3) is 0 Å². The fourth-order valence-corrected chi connectivity index (χ4v) is 5.29. The number of imide groups is 1. The maximum Gasteiger partial charge on any atom is 0.416 e. The lowest BCUT2D eigenvalue weighted by atomic mass is 9.90. The Morgan fingerprint density at radius 2 is 1.74 bits per heavy atom. The fourth-order valence-electron chi connectivity index (χ4n) is 4.79. The van der Waals surface area contributed by atoms with Crippen molar-refractivity contribution in [3.8, 4) is 0 Å². The highest BCUT2D eigenvalue weighted by Gasteiger charge is 2.45. The van der Waals surface area contributed by atoms with Gasteiger partial charge in [-0.3, -0.25) is 9.59 Å². The number of esters is 1. The molecule has 4 rings (SSSR count). The Morgan fingerprint density at radius 3 is 2.38 bits per heavy atom. The number of nitrogens with zero attached hydrogens (tertiary/aromatic N) is 1. The van der Waals surface area contributed by atoms with Gasteiger partial charge in [0.2, 0.25) is 5.91 Å². The van der Waals surface area contributed by atoms with Gasteiger partial charge in [-0.25, -0.2) is 9.69 Å². The highest BCUT2D eigenvalue weighted by atomic mass is 79.9. The van der Waals surface area contributed by atoms with Gasteiger partial charge in [0.05, 0.1) is 16.4 Å². The lowest BCUT2D eigenvalue weighted by Crippen LogP contribution is -2.46. The summed E-state index contributed by atoms with van der Waals surface area (Å²) in [6.07, 6.45) is 0.726. The van der Waals surface area contributed by atoms with E-state index in [4.69, 9.17) is 19.0 Å². The van der Waals surface area contributed by atoms with Crippen LogP contribution in [0.4, 0.5) is 4.79 Å². The maximum absolute atomic E-state index is 14.2.